The minimum Gasteiger partial charge on any atom is -0.496 e. The van der Waals surface area contributed by atoms with Gasteiger partial charge in [0.05, 0.1) is 29.7 Å². The third-order valence-electron chi connectivity index (χ3n) is 2.84. The van der Waals surface area contributed by atoms with Gasteiger partial charge < -0.3 is 15.8 Å². The third kappa shape index (κ3) is 2.52. The zero-order valence-electron chi connectivity index (χ0n) is 11.1. The number of anilines is 2. The second kappa shape index (κ2) is 5.01. The summed E-state index contributed by atoms with van der Waals surface area (Å²) in [5.41, 5.74) is 8.86. The summed E-state index contributed by atoms with van der Waals surface area (Å²) in [7, 11) is 1.50. The molecule has 2 rings (SSSR count). The van der Waals surface area contributed by atoms with Crippen molar-refractivity contribution in [1.82, 2.24) is 10.2 Å². The van der Waals surface area contributed by atoms with E-state index >= 15 is 0 Å². The van der Waals surface area contributed by atoms with Crippen LogP contribution in [0.15, 0.2) is 18.2 Å². The van der Waals surface area contributed by atoms with Gasteiger partial charge in [-0.3, -0.25) is 9.89 Å². The molecule has 0 spiro atoms. The van der Waals surface area contributed by atoms with Crippen LogP contribution in [0.3, 0.4) is 0 Å². The number of carbonyl (C=O) groups is 1. The highest BCUT2D eigenvalue weighted by Crippen LogP contribution is 2.24. The number of hydrogen-bond acceptors (Lipinski definition) is 4. The number of aromatic nitrogens is 2. The number of H-pyrrole nitrogens is 1. The van der Waals surface area contributed by atoms with Crippen molar-refractivity contribution in [1.29, 1.82) is 0 Å². The van der Waals surface area contributed by atoms with Crippen LogP contribution in [0.4, 0.5) is 11.4 Å². The Bertz CT molecular complexity index is 600. The van der Waals surface area contributed by atoms with Crippen LogP contribution in [-0.4, -0.2) is 23.2 Å². The largest absolute Gasteiger partial charge is 0.496 e. The number of amides is 1. The van der Waals surface area contributed by atoms with Crippen LogP contribution < -0.4 is 15.8 Å². The van der Waals surface area contributed by atoms with Crippen LogP contribution in [-0.2, 0) is 0 Å². The number of methoxy groups -OCH3 is 1. The molecule has 4 N–H and O–H groups in total. The molecule has 1 aromatic heterocycles. The fourth-order valence-corrected chi connectivity index (χ4v) is 1.81. The summed E-state index contributed by atoms with van der Waals surface area (Å²) in [4.78, 5) is 12.2. The molecule has 0 saturated carbocycles. The van der Waals surface area contributed by atoms with Crippen molar-refractivity contribution in [2.75, 3.05) is 18.2 Å². The van der Waals surface area contributed by atoms with Gasteiger partial charge in [-0.15, -0.1) is 0 Å². The van der Waals surface area contributed by atoms with Crippen LogP contribution in [0.2, 0.25) is 0 Å². The van der Waals surface area contributed by atoms with Gasteiger partial charge in [0.15, 0.2) is 0 Å². The smallest absolute Gasteiger partial charge is 0.259 e. The van der Waals surface area contributed by atoms with Gasteiger partial charge in [-0.2, -0.15) is 5.10 Å². The fraction of sp³-hybridized carbons (Fsp3) is 0.231. The molecule has 0 radical (unpaired) electrons. The highest BCUT2D eigenvalue weighted by Gasteiger charge is 2.15. The lowest BCUT2D eigenvalue weighted by atomic mass is 10.1. The average molecular weight is 260 g/mol. The van der Waals surface area contributed by atoms with E-state index < -0.39 is 0 Å². The molecule has 1 aromatic carbocycles. The molecule has 6 nitrogen and oxygen atoms in total. The zero-order valence-corrected chi connectivity index (χ0v) is 11.1. The molecule has 19 heavy (non-hydrogen) atoms. The van der Waals surface area contributed by atoms with Crippen LogP contribution in [0.25, 0.3) is 0 Å². The Hall–Kier alpha value is -2.50. The monoisotopic (exact) mass is 260 g/mol. The van der Waals surface area contributed by atoms with Gasteiger partial charge in [0.1, 0.15) is 5.75 Å². The molecule has 0 bridgehead atoms. The van der Waals surface area contributed by atoms with Crippen LogP contribution in [0.1, 0.15) is 21.7 Å². The molecule has 2 aromatic rings. The standard InChI is InChI=1S/C13H16N4O2/c1-7-12(8(2)17-16-7)15-13(18)10-5-4-9(14)6-11(10)19-3/h4-6H,14H2,1-3H3,(H,15,18)(H,16,17). The predicted molar refractivity (Wildman–Crippen MR) is 73.4 cm³/mol. The molecular formula is C13H16N4O2. The molecule has 0 aliphatic heterocycles. The molecule has 0 fully saturated rings. The highest BCUT2D eigenvalue weighted by molar-refractivity contribution is 6.07. The second-order valence-corrected chi connectivity index (χ2v) is 4.22. The van der Waals surface area contributed by atoms with E-state index in [0.717, 1.165) is 11.4 Å². The lowest BCUT2D eigenvalue weighted by Gasteiger charge is -2.10. The molecule has 0 unspecified atom stereocenters. The number of ether oxygens (including phenoxy) is 1. The van der Waals surface area contributed by atoms with Gasteiger partial charge in [-0.1, -0.05) is 0 Å². The normalized spacial score (nSPS) is 10.3. The van der Waals surface area contributed by atoms with Gasteiger partial charge in [0.2, 0.25) is 0 Å². The Morgan fingerprint density at radius 2 is 2.16 bits per heavy atom. The number of nitrogens with two attached hydrogens (primary N) is 1. The van der Waals surface area contributed by atoms with E-state index in [1.165, 1.54) is 7.11 Å². The van der Waals surface area contributed by atoms with E-state index in [-0.39, 0.29) is 5.91 Å². The molecule has 0 saturated heterocycles. The molecule has 0 aliphatic rings. The van der Waals surface area contributed by atoms with E-state index in [2.05, 4.69) is 15.5 Å². The average Bonchev–Trinajstić information content (AvgIpc) is 2.70. The van der Waals surface area contributed by atoms with Crippen LogP contribution >= 0.6 is 0 Å². The van der Waals surface area contributed by atoms with Crippen molar-refractivity contribution in [3.63, 3.8) is 0 Å². The Morgan fingerprint density at radius 1 is 1.42 bits per heavy atom. The Labute approximate surface area is 111 Å². The van der Waals surface area contributed by atoms with E-state index in [1.54, 1.807) is 18.2 Å². The van der Waals surface area contributed by atoms with Crippen molar-refractivity contribution < 1.29 is 9.53 Å². The molecule has 0 aliphatic carbocycles. The number of nitrogens with one attached hydrogen (secondary N) is 2. The molecule has 6 heteroatoms. The summed E-state index contributed by atoms with van der Waals surface area (Å²) in [6.45, 7) is 3.66. The number of aromatic amines is 1. The summed E-state index contributed by atoms with van der Waals surface area (Å²) in [6.07, 6.45) is 0. The van der Waals surface area contributed by atoms with E-state index in [9.17, 15) is 4.79 Å². The Morgan fingerprint density at radius 3 is 2.74 bits per heavy atom. The van der Waals surface area contributed by atoms with Crippen molar-refractivity contribution in [2.45, 2.75) is 13.8 Å². The van der Waals surface area contributed by atoms with Gasteiger partial charge in [-0.25, -0.2) is 0 Å². The summed E-state index contributed by atoms with van der Waals surface area (Å²) < 4.78 is 5.16. The number of benzene rings is 1. The molecule has 1 heterocycles. The third-order valence-corrected chi connectivity index (χ3v) is 2.84. The predicted octanol–water partition coefficient (Wildman–Crippen LogP) is 1.87. The summed E-state index contributed by atoms with van der Waals surface area (Å²) in [5.74, 6) is 0.181. The van der Waals surface area contributed by atoms with Crippen molar-refractivity contribution >= 4 is 17.3 Å². The first-order valence-electron chi connectivity index (χ1n) is 5.79. The second-order valence-electron chi connectivity index (χ2n) is 4.22. The maximum Gasteiger partial charge on any atom is 0.259 e. The molecule has 1 amide bonds. The van der Waals surface area contributed by atoms with E-state index in [0.29, 0.717) is 22.7 Å². The molecule has 0 atom stereocenters. The quantitative estimate of drug-likeness (QED) is 0.734. The molecule has 100 valence electrons. The van der Waals surface area contributed by atoms with Gasteiger partial charge >= 0.3 is 0 Å². The van der Waals surface area contributed by atoms with Crippen LogP contribution in [0.5, 0.6) is 5.75 Å². The van der Waals surface area contributed by atoms with Crippen molar-refractivity contribution in [3.05, 3.63) is 35.2 Å². The number of aryl methyl sites for hydroxylation is 2. The fourth-order valence-electron chi connectivity index (χ4n) is 1.81. The van der Waals surface area contributed by atoms with Gasteiger partial charge in [-0.05, 0) is 26.0 Å². The summed E-state index contributed by atoms with van der Waals surface area (Å²) in [6, 6.07) is 4.91. The Kier molecular flexibility index (Phi) is 3.41. The number of carbonyl (C=O) groups excluding carboxylic acids is 1. The van der Waals surface area contributed by atoms with Crippen molar-refractivity contribution in [2.24, 2.45) is 0 Å². The van der Waals surface area contributed by atoms with E-state index in [1.807, 2.05) is 13.8 Å². The van der Waals surface area contributed by atoms with Gasteiger partial charge in [0, 0.05) is 11.8 Å². The number of nitrogens with zero attached hydrogens (tertiary/aromatic N) is 1. The topological polar surface area (TPSA) is 93.0 Å². The summed E-state index contributed by atoms with van der Waals surface area (Å²) in [5, 5.41) is 9.66. The number of rotatable bonds is 3. The van der Waals surface area contributed by atoms with E-state index in [4.69, 9.17) is 10.5 Å². The van der Waals surface area contributed by atoms with Crippen molar-refractivity contribution in [3.8, 4) is 5.75 Å². The first kappa shape index (κ1) is 12.9. The Balaban J connectivity index is 2.30. The lowest BCUT2D eigenvalue weighted by molar-refractivity contribution is 0.102. The highest BCUT2D eigenvalue weighted by atomic mass is 16.5. The summed E-state index contributed by atoms with van der Waals surface area (Å²) >= 11 is 0. The first-order chi connectivity index (χ1) is 9.02. The number of nitrogen functional groups attached to an aromatic ring is 1. The molecular weight excluding hydrogens is 244 g/mol. The van der Waals surface area contributed by atoms with Gasteiger partial charge in [0.25, 0.3) is 5.91 Å². The lowest BCUT2D eigenvalue weighted by Crippen LogP contribution is -2.14. The SMILES string of the molecule is COc1cc(N)ccc1C(=O)Nc1c(C)n[nH]c1C. The number of hydrogen-bond donors (Lipinski definition) is 3. The first-order valence-corrected chi connectivity index (χ1v) is 5.79. The maximum absolute atomic E-state index is 12.2. The minimum atomic E-state index is -0.260. The maximum atomic E-state index is 12.2. The minimum absolute atomic E-state index is 0.260. The zero-order chi connectivity index (χ0) is 14.0. The van der Waals surface area contributed by atoms with Crippen LogP contribution in [0, 0.1) is 13.8 Å².